The highest BCUT2D eigenvalue weighted by molar-refractivity contribution is 5.98. The lowest BCUT2D eigenvalue weighted by molar-refractivity contribution is -0.117. The Morgan fingerprint density at radius 3 is 2.71 bits per heavy atom. The van der Waals surface area contributed by atoms with Gasteiger partial charge in [-0.1, -0.05) is 0 Å². The minimum absolute atomic E-state index is 0.0853. The lowest BCUT2D eigenvalue weighted by Gasteiger charge is -2.23. The van der Waals surface area contributed by atoms with Crippen LogP contribution in [-0.4, -0.2) is 25.5 Å². The molecule has 94 valence electrons. The molecule has 2 aliphatic rings. The molecule has 0 aliphatic heterocycles. The lowest BCUT2D eigenvalue weighted by atomic mass is 9.86. The number of rotatable bonds is 4. The average molecular weight is 238 g/mol. The highest BCUT2D eigenvalue weighted by Gasteiger charge is 2.33. The second kappa shape index (κ2) is 5.45. The Kier molecular flexibility index (Phi) is 3.94. The fourth-order valence-electron chi connectivity index (χ4n) is 2.63. The van der Waals surface area contributed by atoms with E-state index >= 15 is 0 Å². The Labute approximate surface area is 101 Å². The van der Waals surface area contributed by atoms with Crippen LogP contribution in [0.1, 0.15) is 38.5 Å². The largest absolute Gasteiger partial charge is 0.471 e. The number of ketones is 2. The van der Waals surface area contributed by atoms with Crippen LogP contribution in [0.15, 0.2) is 11.3 Å². The number of allylic oxidation sites excluding steroid dienone is 2. The van der Waals surface area contributed by atoms with Gasteiger partial charge in [-0.3, -0.25) is 9.59 Å². The summed E-state index contributed by atoms with van der Waals surface area (Å²) in [5, 5.41) is 0. The van der Waals surface area contributed by atoms with Crippen molar-refractivity contribution in [2.24, 2.45) is 5.92 Å². The van der Waals surface area contributed by atoms with Crippen LogP contribution in [0.3, 0.4) is 0 Å². The average Bonchev–Trinajstić information content (AvgIpc) is 2.73. The van der Waals surface area contributed by atoms with Crippen molar-refractivity contribution in [1.29, 1.82) is 0 Å². The first-order valence-electron chi connectivity index (χ1n) is 6.12. The van der Waals surface area contributed by atoms with Crippen molar-refractivity contribution in [3.8, 4) is 0 Å². The van der Waals surface area contributed by atoms with Gasteiger partial charge in [0.2, 0.25) is 0 Å². The van der Waals surface area contributed by atoms with E-state index in [0.717, 1.165) is 30.6 Å². The van der Waals surface area contributed by atoms with Gasteiger partial charge in [0.1, 0.15) is 11.5 Å². The molecule has 0 saturated heterocycles. The van der Waals surface area contributed by atoms with Crippen LogP contribution in [-0.2, 0) is 19.1 Å². The molecular formula is C13H18O4. The van der Waals surface area contributed by atoms with Crippen LogP contribution in [0, 0.1) is 5.92 Å². The number of ether oxygens (including phenoxy) is 2. The fraction of sp³-hybridized carbons (Fsp3) is 0.692. The van der Waals surface area contributed by atoms with Crippen LogP contribution >= 0.6 is 0 Å². The molecule has 0 aromatic heterocycles. The standard InChI is InChI=1S/C13H18O4/c1-16-8-17-12-4-2-3-11(15)13(12)9-5-6-10(14)7-9/h9H,2-8H2,1H3. The van der Waals surface area contributed by atoms with E-state index in [0.29, 0.717) is 19.3 Å². The highest BCUT2D eigenvalue weighted by atomic mass is 16.7. The highest BCUT2D eigenvalue weighted by Crippen LogP contribution is 2.36. The minimum Gasteiger partial charge on any atom is -0.471 e. The predicted molar refractivity (Wildman–Crippen MR) is 61.2 cm³/mol. The van der Waals surface area contributed by atoms with Crippen molar-refractivity contribution in [3.63, 3.8) is 0 Å². The first-order valence-corrected chi connectivity index (χ1v) is 6.12. The topological polar surface area (TPSA) is 52.6 Å². The molecule has 0 amide bonds. The van der Waals surface area contributed by atoms with E-state index in [1.54, 1.807) is 7.11 Å². The van der Waals surface area contributed by atoms with E-state index in [1.165, 1.54) is 0 Å². The zero-order chi connectivity index (χ0) is 12.3. The van der Waals surface area contributed by atoms with Crippen LogP contribution < -0.4 is 0 Å². The lowest BCUT2D eigenvalue weighted by Crippen LogP contribution is -2.20. The van der Waals surface area contributed by atoms with Gasteiger partial charge in [-0.2, -0.15) is 0 Å². The van der Waals surface area contributed by atoms with Crippen molar-refractivity contribution < 1.29 is 19.1 Å². The zero-order valence-corrected chi connectivity index (χ0v) is 10.2. The van der Waals surface area contributed by atoms with Crippen LogP contribution in [0.4, 0.5) is 0 Å². The summed E-state index contributed by atoms with van der Waals surface area (Å²) in [4.78, 5) is 23.3. The molecule has 0 aromatic rings. The molecule has 1 atom stereocenters. The molecule has 0 heterocycles. The molecule has 1 fully saturated rings. The van der Waals surface area contributed by atoms with Gasteiger partial charge in [0.05, 0.1) is 0 Å². The van der Waals surface area contributed by atoms with E-state index in [-0.39, 0.29) is 24.3 Å². The molecule has 2 rings (SSSR count). The minimum atomic E-state index is 0.0853. The van der Waals surface area contributed by atoms with Gasteiger partial charge in [-0.05, 0) is 18.8 Å². The molecule has 4 nitrogen and oxygen atoms in total. The third-order valence-corrected chi connectivity index (χ3v) is 3.41. The van der Waals surface area contributed by atoms with Gasteiger partial charge in [0.15, 0.2) is 12.6 Å². The van der Waals surface area contributed by atoms with Gasteiger partial charge in [-0.25, -0.2) is 0 Å². The second-order valence-electron chi connectivity index (χ2n) is 4.64. The van der Waals surface area contributed by atoms with E-state index < -0.39 is 0 Å². The molecule has 1 saturated carbocycles. The van der Waals surface area contributed by atoms with Crippen molar-refractivity contribution in [2.45, 2.75) is 38.5 Å². The summed E-state index contributed by atoms with van der Waals surface area (Å²) in [7, 11) is 1.56. The Morgan fingerprint density at radius 2 is 2.06 bits per heavy atom. The maximum absolute atomic E-state index is 12.0. The van der Waals surface area contributed by atoms with Crippen molar-refractivity contribution >= 4 is 11.6 Å². The Bertz CT molecular complexity index is 356. The molecule has 0 radical (unpaired) electrons. The quantitative estimate of drug-likeness (QED) is 0.703. The third kappa shape index (κ3) is 2.75. The SMILES string of the molecule is COCOC1=C(C2CCC(=O)C2)C(=O)CCC1. The maximum Gasteiger partial charge on any atom is 0.188 e. The molecule has 0 aromatic carbocycles. The summed E-state index contributed by atoms with van der Waals surface area (Å²) < 4.78 is 10.4. The summed E-state index contributed by atoms with van der Waals surface area (Å²) in [5.74, 6) is 1.25. The number of hydrogen-bond donors (Lipinski definition) is 0. The molecule has 0 bridgehead atoms. The van der Waals surface area contributed by atoms with E-state index in [2.05, 4.69) is 0 Å². The molecule has 0 N–H and O–H groups in total. The normalized spacial score (nSPS) is 25.6. The molecule has 17 heavy (non-hydrogen) atoms. The van der Waals surface area contributed by atoms with Gasteiger partial charge in [0, 0.05) is 38.4 Å². The first-order chi connectivity index (χ1) is 8.22. The van der Waals surface area contributed by atoms with E-state index in [9.17, 15) is 9.59 Å². The van der Waals surface area contributed by atoms with E-state index in [1.807, 2.05) is 0 Å². The molecule has 0 spiro atoms. The van der Waals surface area contributed by atoms with Crippen LogP contribution in [0.5, 0.6) is 0 Å². The maximum atomic E-state index is 12.0. The predicted octanol–water partition coefficient (Wildman–Crippen LogP) is 1.98. The van der Waals surface area contributed by atoms with Gasteiger partial charge in [0.25, 0.3) is 0 Å². The third-order valence-electron chi connectivity index (χ3n) is 3.41. The van der Waals surface area contributed by atoms with Crippen LogP contribution in [0.25, 0.3) is 0 Å². The fourth-order valence-corrected chi connectivity index (χ4v) is 2.63. The Morgan fingerprint density at radius 1 is 1.24 bits per heavy atom. The van der Waals surface area contributed by atoms with Crippen molar-refractivity contribution in [2.75, 3.05) is 13.9 Å². The number of Topliss-reactive ketones (excluding diaryl/α,β-unsaturated/α-hetero) is 2. The number of methoxy groups -OCH3 is 1. The van der Waals surface area contributed by atoms with Crippen molar-refractivity contribution in [1.82, 2.24) is 0 Å². The molecule has 2 aliphatic carbocycles. The Balaban J connectivity index is 2.18. The summed E-state index contributed by atoms with van der Waals surface area (Å²) in [6.07, 6.45) is 4.09. The summed E-state index contributed by atoms with van der Waals surface area (Å²) >= 11 is 0. The number of hydrogen-bond acceptors (Lipinski definition) is 4. The summed E-state index contributed by atoms with van der Waals surface area (Å²) in [6, 6.07) is 0. The smallest absolute Gasteiger partial charge is 0.188 e. The summed E-state index contributed by atoms with van der Waals surface area (Å²) in [5.41, 5.74) is 0.763. The van der Waals surface area contributed by atoms with Gasteiger partial charge in [-0.15, -0.1) is 0 Å². The molecule has 1 unspecified atom stereocenters. The van der Waals surface area contributed by atoms with Gasteiger partial charge < -0.3 is 9.47 Å². The zero-order valence-electron chi connectivity index (χ0n) is 10.2. The van der Waals surface area contributed by atoms with Gasteiger partial charge >= 0.3 is 0 Å². The molecular weight excluding hydrogens is 220 g/mol. The monoisotopic (exact) mass is 238 g/mol. The van der Waals surface area contributed by atoms with Crippen molar-refractivity contribution in [3.05, 3.63) is 11.3 Å². The Hall–Kier alpha value is -1.16. The molecule has 4 heteroatoms. The number of carbonyl (C=O) groups is 2. The van der Waals surface area contributed by atoms with E-state index in [4.69, 9.17) is 9.47 Å². The first kappa shape index (κ1) is 12.3. The second-order valence-corrected chi connectivity index (χ2v) is 4.64. The van der Waals surface area contributed by atoms with Crippen LogP contribution in [0.2, 0.25) is 0 Å². The summed E-state index contributed by atoms with van der Waals surface area (Å²) in [6.45, 7) is 0.173. The number of carbonyl (C=O) groups excluding carboxylic acids is 2.